The lowest BCUT2D eigenvalue weighted by molar-refractivity contribution is 0.354. The van der Waals surface area contributed by atoms with E-state index in [2.05, 4.69) is 15.3 Å². The van der Waals surface area contributed by atoms with Gasteiger partial charge in [0.1, 0.15) is 5.82 Å². The standard InChI is InChI=1S/C21H24FN5O2.HI/c1-28-19-6-4-15(12-20(19)29-2)7-8-25-21(23)26-13-16-3-5-18(17(22)11-16)27-10-9-24-14-27;/h3-6,9-12,14H,7-8,13H2,1-2H3,(H3,23,25,26);1H. The molecule has 0 aliphatic heterocycles. The van der Waals surface area contributed by atoms with E-state index in [0.29, 0.717) is 29.7 Å². The second-order valence-electron chi connectivity index (χ2n) is 6.32. The molecule has 0 saturated carbocycles. The Kier molecular flexibility index (Phi) is 8.90. The summed E-state index contributed by atoms with van der Waals surface area (Å²) in [5.41, 5.74) is 8.18. The van der Waals surface area contributed by atoms with E-state index in [1.165, 1.54) is 6.07 Å². The number of nitrogens with two attached hydrogens (primary N) is 1. The molecule has 0 radical (unpaired) electrons. The number of halogens is 2. The van der Waals surface area contributed by atoms with Crippen molar-refractivity contribution in [2.45, 2.75) is 13.0 Å². The molecular weight excluding hydrogens is 500 g/mol. The quantitative estimate of drug-likeness (QED) is 0.268. The first kappa shape index (κ1) is 23.5. The molecule has 0 spiro atoms. The van der Waals surface area contributed by atoms with Crippen LogP contribution in [0.25, 0.3) is 5.69 Å². The minimum Gasteiger partial charge on any atom is -0.493 e. The molecule has 7 nitrogen and oxygen atoms in total. The molecule has 2 aromatic carbocycles. The normalized spacial score (nSPS) is 11.0. The van der Waals surface area contributed by atoms with Crippen molar-refractivity contribution in [1.82, 2.24) is 14.9 Å². The molecule has 160 valence electrons. The van der Waals surface area contributed by atoms with Gasteiger partial charge in [-0.15, -0.1) is 24.0 Å². The van der Waals surface area contributed by atoms with Crippen LogP contribution in [-0.4, -0.2) is 36.3 Å². The Bertz CT molecular complexity index is 980. The van der Waals surface area contributed by atoms with Gasteiger partial charge < -0.3 is 25.1 Å². The second-order valence-corrected chi connectivity index (χ2v) is 6.32. The highest BCUT2D eigenvalue weighted by molar-refractivity contribution is 14.0. The van der Waals surface area contributed by atoms with Gasteiger partial charge in [-0.1, -0.05) is 12.1 Å². The minimum absolute atomic E-state index is 0. The maximum Gasteiger partial charge on any atom is 0.188 e. The van der Waals surface area contributed by atoms with Crippen molar-refractivity contribution in [2.24, 2.45) is 10.7 Å². The molecule has 0 bridgehead atoms. The summed E-state index contributed by atoms with van der Waals surface area (Å²) in [4.78, 5) is 8.20. The van der Waals surface area contributed by atoms with Crippen molar-refractivity contribution < 1.29 is 13.9 Å². The molecule has 0 aliphatic rings. The van der Waals surface area contributed by atoms with Crippen LogP contribution in [0.3, 0.4) is 0 Å². The van der Waals surface area contributed by atoms with E-state index in [1.807, 2.05) is 24.3 Å². The predicted molar refractivity (Wildman–Crippen MR) is 126 cm³/mol. The molecule has 3 rings (SSSR count). The van der Waals surface area contributed by atoms with Crippen LogP contribution in [0.1, 0.15) is 11.1 Å². The van der Waals surface area contributed by atoms with Gasteiger partial charge in [0.2, 0.25) is 0 Å². The van der Waals surface area contributed by atoms with E-state index < -0.39 is 0 Å². The van der Waals surface area contributed by atoms with Gasteiger partial charge >= 0.3 is 0 Å². The number of guanidine groups is 1. The molecule has 9 heteroatoms. The Morgan fingerprint density at radius 3 is 2.57 bits per heavy atom. The van der Waals surface area contributed by atoms with Gasteiger partial charge in [0.25, 0.3) is 0 Å². The molecule has 0 fully saturated rings. The third-order valence-corrected chi connectivity index (χ3v) is 4.39. The van der Waals surface area contributed by atoms with E-state index >= 15 is 0 Å². The largest absolute Gasteiger partial charge is 0.493 e. The number of nitrogens with zero attached hydrogens (tertiary/aromatic N) is 3. The monoisotopic (exact) mass is 525 g/mol. The summed E-state index contributed by atoms with van der Waals surface area (Å²) in [6, 6.07) is 10.7. The molecule has 0 atom stereocenters. The number of rotatable bonds is 8. The fourth-order valence-electron chi connectivity index (χ4n) is 2.86. The Hall–Kier alpha value is -2.82. The SMILES string of the molecule is COc1ccc(CCNC(N)=NCc2ccc(-n3ccnc3)c(F)c2)cc1OC.I. The van der Waals surface area contributed by atoms with Crippen molar-refractivity contribution in [3.05, 3.63) is 72.1 Å². The smallest absolute Gasteiger partial charge is 0.188 e. The first-order chi connectivity index (χ1) is 14.1. The third kappa shape index (κ3) is 6.09. The van der Waals surface area contributed by atoms with E-state index in [9.17, 15) is 4.39 Å². The van der Waals surface area contributed by atoms with Gasteiger partial charge in [0, 0.05) is 18.9 Å². The van der Waals surface area contributed by atoms with E-state index in [-0.39, 0.29) is 36.3 Å². The van der Waals surface area contributed by atoms with E-state index in [0.717, 1.165) is 17.5 Å². The predicted octanol–water partition coefficient (Wildman–Crippen LogP) is 3.29. The van der Waals surface area contributed by atoms with Gasteiger partial charge in [-0.25, -0.2) is 14.4 Å². The average Bonchev–Trinajstić information content (AvgIpc) is 3.26. The average molecular weight is 525 g/mol. The Labute approximate surface area is 192 Å². The van der Waals surface area contributed by atoms with Crippen LogP contribution >= 0.6 is 24.0 Å². The summed E-state index contributed by atoms with van der Waals surface area (Å²) in [7, 11) is 3.21. The lowest BCUT2D eigenvalue weighted by Gasteiger charge is -2.10. The van der Waals surface area contributed by atoms with Crippen LogP contribution in [0, 0.1) is 5.82 Å². The van der Waals surface area contributed by atoms with Gasteiger partial charge in [-0.05, 0) is 41.8 Å². The zero-order chi connectivity index (χ0) is 20.6. The molecule has 0 amide bonds. The maximum atomic E-state index is 14.3. The summed E-state index contributed by atoms with van der Waals surface area (Å²) in [5, 5.41) is 3.07. The topological polar surface area (TPSA) is 86.7 Å². The fraction of sp³-hybridized carbons (Fsp3) is 0.238. The highest BCUT2D eigenvalue weighted by Crippen LogP contribution is 2.27. The lowest BCUT2D eigenvalue weighted by atomic mass is 10.1. The first-order valence-corrected chi connectivity index (χ1v) is 9.12. The number of imidazole rings is 1. The molecule has 0 saturated heterocycles. The number of benzene rings is 2. The van der Waals surface area contributed by atoms with E-state index in [1.54, 1.807) is 43.6 Å². The highest BCUT2D eigenvalue weighted by atomic mass is 127. The maximum absolute atomic E-state index is 14.3. The number of nitrogens with one attached hydrogen (secondary N) is 1. The van der Waals surface area contributed by atoms with Gasteiger partial charge in [0.15, 0.2) is 17.5 Å². The van der Waals surface area contributed by atoms with Crippen molar-refractivity contribution in [2.75, 3.05) is 20.8 Å². The minimum atomic E-state index is -0.337. The number of methoxy groups -OCH3 is 2. The molecule has 30 heavy (non-hydrogen) atoms. The van der Waals surface area contributed by atoms with Gasteiger partial charge in [-0.3, -0.25) is 0 Å². The van der Waals surface area contributed by atoms with Crippen molar-refractivity contribution >= 4 is 29.9 Å². The summed E-state index contributed by atoms with van der Waals surface area (Å²) in [6.45, 7) is 0.898. The summed E-state index contributed by atoms with van der Waals surface area (Å²) in [6.07, 6.45) is 5.59. The van der Waals surface area contributed by atoms with Crippen molar-refractivity contribution in [3.8, 4) is 17.2 Å². The van der Waals surface area contributed by atoms with E-state index in [4.69, 9.17) is 15.2 Å². The van der Waals surface area contributed by atoms with Crippen LogP contribution in [0.4, 0.5) is 4.39 Å². The molecule has 1 aromatic heterocycles. The zero-order valence-corrected chi connectivity index (χ0v) is 19.2. The highest BCUT2D eigenvalue weighted by Gasteiger charge is 2.06. The summed E-state index contributed by atoms with van der Waals surface area (Å²) in [5.74, 6) is 1.35. The third-order valence-electron chi connectivity index (χ3n) is 4.39. The molecule has 3 N–H and O–H groups in total. The number of ether oxygens (including phenoxy) is 2. The molecular formula is C21H25FIN5O2. The van der Waals surface area contributed by atoms with Crippen LogP contribution in [0.2, 0.25) is 0 Å². The summed E-state index contributed by atoms with van der Waals surface area (Å²) >= 11 is 0. The molecule has 3 aromatic rings. The summed E-state index contributed by atoms with van der Waals surface area (Å²) < 4.78 is 26.4. The number of hydrogen-bond donors (Lipinski definition) is 2. The number of aromatic nitrogens is 2. The Morgan fingerprint density at radius 1 is 1.13 bits per heavy atom. The number of hydrogen-bond acceptors (Lipinski definition) is 4. The van der Waals surface area contributed by atoms with Crippen LogP contribution < -0.4 is 20.5 Å². The van der Waals surface area contributed by atoms with Gasteiger partial charge in [-0.2, -0.15) is 0 Å². The van der Waals surface area contributed by atoms with Crippen molar-refractivity contribution in [1.29, 1.82) is 0 Å². The molecule has 0 aliphatic carbocycles. The number of aliphatic imine (C=N–C) groups is 1. The van der Waals surface area contributed by atoms with Crippen LogP contribution in [0.5, 0.6) is 11.5 Å². The first-order valence-electron chi connectivity index (χ1n) is 9.12. The fourth-order valence-corrected chi connectivity index (χ4v) is 2.86. The second kappa shape index (κ2) is 11.4. The van der Waals surface area contributed by atoms with Crippen LogP contribution in [0.15, 0.2) is 60.1 Å². The van der Waals surface area contributed by atoms with Crippen molar-refractivity contribution in [3.63, 3.8) is 0 Å². The Morgan fingerprint density at radius 2 is 1.90 bits per heavy atom. The van der Waals surface area contributed by atoms with Gasteiger partial charge in [0.05, 0.1) is 32.8 Å². The lowest BCUT2D eigenvalue weighted by Crippen LogP contribution is -2.33. The zero-order valence-electron chi connectivity index (χ0n) is 16.8. The molecule has 0 unspecified atom stereocenters. The molecule has 1 heterocycles. The van der Waals surface area contributed by atoms with Crippen LogP contribution in [-0.2, 0) is 13.0 Å². The Balaban J connectivity index is 0.00000320.